The van der Waals surface area contributed by atoms with Crippen molar-refractivity contribution in [3.63, 3.8) is 0 Å². The summed E-state index contributed by atoms with van der Waals surface area (Å²) in [4.78, 5) is 20.3. The molecule has 0 saturated carbocycles. The van der Waals surface area contributed by atoms with Crippen molar-refractivity contribution in [1.82, 2.24) is 15.7 Å². The van der Waals surface area contributed by atoms with Gasteiger partial charge in [0, 0.05) is 18.7 Å². The van der Waals surface area contributed by atoms with Crippen molar-refractivity contribution in [3.8, 4) is 0 Å². The van der Waals surface area contributed by atoms with E-state index in [2.05, 4.69) is 15.7 Å². The van der Waals surface area contributed by atoms with E-state index in [0.29, 0.717) is 21.6 Å². The average Bonchev–Trinajstić information content (AvgIpc) is 3.47. The molecule has 3 heterocycles. The number of carbonyl (C=O) groups excluding carboxylic acids is 1. The highest BCUT2D eigenvalue weighted by Gasteiger charge is 2.20. The third-order valence-electron chi connectivity index (χ3n) is 4.83. The van der Waals surface area contributed by atoms with Gasteiger partial charge in [0.1, 0.15) is 11.9 Å². The second-order valence-corrected chi connectivity index (χ2v) is 8.49. The van der Waals surface area contributed by atoms with Crippen LogP contribution in [-0.2, 0) is 4.84 Å². The van der Waals surface area contributed by atoms with E-state index in [1.165, 1.54) is 11.3 Å². The number of likely N-dealkylation sites (tertiary alicyclic amines) is 1. The van der Waals surface area contributed by atoms with Crippen LogP contribution in [0.5, 0.6) is 0 Å². The Kier molecular flexibility index (Phi) is 5.66. The number of amides is 1. The third kappa shape index (κ3) is 4.22. The van der Waals surface area contributed by atoms with Crippen molar-refractivity contribution in [2.75, 3.05) is 19.6 Å². The first kappa shape index (κ1) is 19.0. The number of carbonyl (C=O) groups is 1. The summed E-state index contributed by atoms with van der Waals surface area (Å²) in [6, 6.07) is 11.3. The first-order valence-corrected chi connectivity index (χ1v) is 10.4. The summed E-state index contributed by atoms with van der Waals surface area (Å²) in [5.41, 5.74) is 5.68. The first-order valence-electron chi connectivity index (χ1n) is 9.21. The molecule has 0 spiro atoms. The molecule has 6 nitrogen and oxygen atoms in total. The van der Waals surface area contributed by atoms with Crippen LogP contribution in [0.25, 0.3) is 5.70 Å². The molecule has 1 aromatic heterocycles. The van der Waals surface area contributed by atoms with Crippen LogP contribution in [0.15, 0.2) is 42.5 Å². The predicted molar refractivity (Wildman–Crippen MR) is 112 cm³/mol. The van der Waals surface area contributed by atoms with E-state index in [1.54, 1.807) is 12.1 Å². The fourth-order valence-electron chi connectivity index (χ4n) is 3.30. The molecule has 28 heavy (non-hydrogen) atoms. The summed E-state index contributed by atoms with van der Waals surface area (Å²) >= 11 is 7.11. The molecule has 2 aliphatic rings. The SMILES string of the molecule is N=C(c1ccc(C2=CC(CNC(=O)c3ccc(Cl)s3)ON2)cc1)N1CCCC1. The fourth-order valence-corrected chi connectivity index (χ4v) is 4.26. The number of rotatable bonds is 5. The second-order valence-electron chi connectivity index (χ2n) is 6.77. The number of nitrogens with one attached hydrogen (secondary N) is 3. The molecular formula is C20H21ClN4O2S. The van der Waals surface area contributed by atoms with Gasteiger partial charge in [-0.05, 0) is 36.6 Å². The van der Waals surface area contributed by atoms with Crippen LogP contribution < -0.4 is 10.8 Å². The molecule has 1 amide bonds. The Labute approximate surface area is 172 Å². The summed E-state index contributed by atoms with van der Waals surface area (Å²) < 4.78 is 0.590. The third-order valence-corrected chi connectivity index (χ3v) is 6.06. The van der Waals surface area contributed by atoms with E-state index >= 15 is 0 Å². The largest absolute Gasteiger partial charge is 0.357 e. The van der Waals surface area contributed by atoms with E-state index in [4.69, 9.17) is 21.8 Å². The molecule has 4 rings (SSSR count). The van der Waals surface area contributed by atoms with E-state index in [-0.39, 0.29) is 12.0 Å². The van der Waals surface area contributed by atoms with Gasteiger partial charge in [-0.2, -0.15) is 0 Å². The van der Waals surface area contributed by atoms with Crippen LogP contribution in [0.4, 0.5) is 0 Å². The van der Waals surface area contributed by atoms with Crippen LogP contribution in [0, 0.1) is 5.41 Å². The Morgan fingerprint density at radius 1 is 1.25 bits per heavy atom. The lowest BCUT2D eigenvalue weighted by Crippen LogP contribution is -2.31. The van der Waals surface area contributed by atoms with Crippen LogP contribution in [0.2, 0.25) is 4.34 Å². The van der Waals surface area contributed by atoms with Crippen LogP contribution in [0.3, 0.4) is 0 Å². The van der Waals surface area contributed by atoms with E-state index in [0.717, 1.165) is 42.8 Å². The minimum Gasteiger partial charge on any atom is -0.357 e. The van der Waals surface area contributed by atoms with Crippen LogP contribution in [0.1, 0.15) is 33.6 Å². The highest BCUT2D eigenvalue weighted by atomic mass is 35.5. The van der Waals surface area contributed by atoms with Gasteiger partial charge in [-0.25, -0.2) is 0 Å². The maximum atomic E-state index is 12.1. The van der Waals surface area contributed by atoms with Gasteiger partial charge in [0.15, 0.2) is 0 Å². The molecule has 3 N–H and O–H groups in total. The maximum Gasteiger partial charge on any atom is 0.261 e. The van der Waals surface area contributed by atoms with Crippen molar-refractivity contribution in [2.45, 2.75) is 18.9 Å². The van der Waals surface area contributed by atoms with Crippen LogP contribution >= 0.6 is 22.9 Å². The van der Waals surface area contributed by atoms with Gasteiger partial charge in [-0.3, -0.25) is 20.5 Å². The van der Waals surface area contributed by atoms with Crippen molar-refractivity contribution in [1.29, 1.82) is 5.41 Å². The monoisotopic (exact) mass is 416 g/mol. The lowest BCUT2D eigenvalue weighted by atomic mass is 10.1. The molecule has 146 valence electrons. The quantitative estimate of drug-likeness (QED) is 0.515. The zero-order valence-electron chi connectivity index (χ0n) is 15.2. The molecule has 2 aromatic rings. The minimum absolute atomic E-state index is 0.160. The molecule has 0 aliphatic carbocycles. The number of benzene rings is 1. The fraction of sp³-hybridized carbons (Fsp3) is 0.300. The Hall–Kier alpha value is -2.35. The molecule has 0 bridgehead atoms. The normalized spacial score (nSPS) is 18.7. The summed E-state index contributed by atoms with van der Waals surface area (Å²) in [5.74, 6) is 0.426. The zero-order valence-corrected chi connectivity index (χ0v) is 16.8. The topological polar surface area (TPSA) is 77.5 Å². The van der Waals surface area contributed by atoms with Gasteiger partial charge in [0.2, 0.25) is 0 Å². The van der Waals surface area contributed by atoms with Crippen molar-refractivity contribution >= 4 is 40.4 Å². The highest BCUT2D eigenvalue weighted by Crippen LogP contribution is 2.22. The smallest absolute Gasteiger partial charge is 0.261 e. The Bertz CT molecular complexity index is 903. The summed E-state index contributed by atoms with van der Waals surface area (Å²) in [7, 11) is 0. The molecule has 8 heteroatoms. The van der Waals surface area contributed by atoms with Crippen LogP contribution in [-0.4, -0.2) is 42.4 Å². The molecule has 1 atom stereocenters. The lowest BCUT2D eigenvalue weighted by molar-refractivity contribution is 0.0499. The lowest BCUT2D eigenvalue weighted by Gasteiger charge is -2.18. The number of hydrogen-bond donors (Lipinski definition) is 3. The predicted octanol–water partition coefficient (Wildman–Crippen LogP) is 3.50. The molecule has 2 aliphatic heterocycles. The summed E-state index contributed by atoms with van der Waals surface area (Å²) in [5, 5.41) is 11.2. The van der Waals surface area contributed by atoms with Gasteiger partial charge < -0.3 is 10.2 Å². The van der Waals surface area contributed by atoms with Gasteiger partial charge in [-0.15, -0.1) is 11.3 Å². The van der Waals surface area contributed by atoms with Crippen molar-refractivity contribution in [3.05, 3.63) is 62.8 Å². The number of hydroxylamine groups is 1. The van der Waals surface area contributed by atoms with E-state index in [1.807, 2.05) is 30.3 Å². The molecule has 1 unspecified atom stereocenters. The van der Waals surface area contributed by atoms with Crippen molar-refractivity contribution < 1.29 is 9.63 Å². The van der Waals surface area contributed by atoms with Gasteiger partial charge in [-0.1, -0.05) is 35.9 Å². The summed E-state index contributed by atoms with van der Waals surface area (Å²) in [6.45, 7) is 2.29. The molecule has 1 saturated heterocycles. The number of hydrogen-bond acceptors (Lipinski definition) is 5. The number of halogens is 1. The van der Waals surface area contributed by atoms with E-state index < -0.39 is 0 Å². The number of thiophene rings is 1. The van der Waals surface area contributed by atoms with Crippen molar-refractivity contribution in [2.24, 2.45) is 0 Å². The Morgan fingerprint density at radius 3 is 2.68 bits per heavy atom. The average molecular weight is 417 g/mol. The van der Waals surface area contributed by atoms with E-state index in [9.17, 15) is 4.79 Å². The first-order chi connectivity index (χ1) is 13.6. The second kappa shape index (κ2) is 8.34. The Morgan fingerprint density at radius 2 is 2.00 bits per heavy atom. The zero-order chi connectivity index (χ0) is 19.5. The standard InChI is InChI=1S/C20H21ClN4O2S/c21-18-8-7-17(28-18)20(26)23-12-15-11-16(24-27-15)13-3-5-14(6-4-13)19(22)25-9-1-2-10-25/h3-8,11,15,22,24H,1-2,9-10,12H2,(H,23,26). The van der Waals surface area contributed by atoms with Gasteiger partial charge in [0.25, 0.3) is 5.91 Å². The molecule has 1 fully saturated rings. The van der Waals surface area contributed by atoms with Gasteiger partial charge >= 0.3 is 0 Å². The molecular weight excluding hydrogens is 396 g/mol. The summed E-state index contributed by atoms with van der Waals surface area (Å²) in [6.07, 6.45) is 4.01. The molecule has 0 radical (unpaired) electrons. The minimum atomic E-state index is -0.253. The maximum absolute atomic E-state index is 12.1. The highest BCUT2D eigenvalue weighted by molar-refractivity contribution is 7.17. The Balaban J connectivity index is 1.34. The number of nitrogens with zero attached hydrogens (tertiary/aromatic N) is 1. The number of amidine groups is 1. The molecule has 1 aromatic carbocycles. The van der Waals surface area contributed by atoms with Gasteiger partial charge in [0.05, 0.1) is 21.5 Å².